The van der Waals surface area contributed by atoms with Gasteiger partial charge in [0.1, 0.15) is 58.3 Å². The summed E-state index contributed by atoms with van der Waals surface area (Å²) in [4.78, 5) is 0. The topological polar surface area (TPSA) is 69.0 Å². The van der Waals surface area contributed by atoms with E-state index in [-0.39, 0.29) is 0 Å². The van der Waals surface area contributed by atoms with E-state index in [1.165, 1.54) is 148 Å². The molecule has 94 heavy (non-hydrogen) atoms. The zero-order chi connectivity index (χ0) is 60.6. The van der Waals surface area contributed by atoms with Gasteiger partial charge in [-0.25, -0.2) is 4.57 Å². The van der Waals surface area contributed by atoms with Gasteiger partial charge in [-0.2, -0.15) is 4.57 Å². The molecule has 0 amide bonds. The Morgan fingerprint density at radius 3 is 1.54 bits per heavy atom. The number of pyridine rings is 6. The lowest BCUT2D eigenvalue weighted by molar-refractivity contribution is -0.950. The summed E-state index contributed by atoms with van der Waals surface area (Å²) in [7, 11) is 2.14. The van der Waals surface area contributed by atoms with E-state index in [4.69, 9.17) is 18.6 Å². The molecule has 0 aliphatic carbocycles. The quantitative estimate of drug-likeness (QED) is 0.112. The van der Waals surface area contributed by atoms with Crippen LogP contribution >= 0.6 is 11.3 Å². The van der Waals surface area contributed by atoms with Crippen molar-refractivity contribution in [3.05, 3.63) is 289 Å². The van der Waals surface area contributed by atoms with Gasteiger partial charge in [-0.05, 0) is 144 Å². The number of ether oxygens (including phenoxy) is 3. The smallest absolute Gasteiger partial charge is 0.425 e. The number of hydrogen-bond donors (Lipinski definition) is 0. The Kier molecular flexibility index (Phi) is 7.93. The van der Waals surface area contributed by atoms with Crippen LogP contribution in [0, 0.1) is 0 Å². The second kappa shape index (κ2) is 15.6. The molecule has 9 aliphatic heterocycles. The maximum absolute atomic E-state index is 6.60. The van der Waals surface area contributed by atoms with Crippen LogP contribution in [0.1, 0.15) is 33.4 Å². The molecule has 0 saturated carbocycles. The fraction of sp³-hybridized carbons (Fsp3) is 0.0488. The molecule has 0 N–H and O–H groups in total. The highest BCUT2D eigenvalue weighted by Gasteiger charge is 2.72. The van der Waals surface area contributed by atoms with Gasteiger partial charge in [0.05, 0.1) is 60.8 Å². The van der Waals surface area contributed by atoms with Crippen molar-refractivity contribution >= 4 is 108 Å². The summed E-state index contributed by atoms with van der Waals surface area (Å²) >= 11 is 1.83. The van der Waals surface area contributed by atoms with Crippen LogP contribution in [0.15, 0.2) is 260 Å². The van der Waals surface area contributed by atoms with Gasteiger partial charge in [0.15, 0.2) is 59.4 Å². The molecule has 0 radical (unpaired) electrons. The number of aromatic nitrogens is 7. The predicted octanol–water partition coefficient (Wildman–Crippen LogP) is 15.2. The molecule has 18 aromatic rings. The van der Waals surface area contributed by atoms with Crippen molar-refractivity contribution in [2.24, 2.45) is 7.05 Å². The van der Waals surface area contributed by atoms with E-state index in [0.717, 1.165) is 50.9 Å². The van der Waals surface area contributed by atoms with Crippen molar-refractivity contribution in [1.29, 1.82) is 0 Å². The number of fused-ring (bicyclic) bond motifs is 15. The standard InChI is InChI=1S/C28H17N3O.C27H14N2O2.C27H14N2OS/c1-29-15-12-17-16-10-11-22-25-23(16)27-19(26(17)29)7-5-14-31(27)28(25)24-18(6-4-9-21(24)32-22)20-8-2-3-13-30(20)28;1-2-12-28-19(7-1)17-5-3-8-20-23(17)27(28)24-21(31-20)10-9-15-16-11-14-30-26(16)18-6-4-13-29(27)25(18)22(15)24;1-2-12-28-19(7-1)17-5-3-8-20-23(17)27(28)24-21(30-20)10-9-15-16-11-14-31-26(16)18-6-4-13-29(27)25(18)22(15)24/h2-15H,1H3;2*1-14H/q3*+2. The summed E-state index contributed by atoms with van der Waals surface area (Å²) in [6, 6.07) is 71.7. The Morgan fingerprint density at radius 2 is 0.883 bits per heavy atom. The lowest BCUT2D eigenvalue weighted by Gasteiger charge is -2.31. The largest absolute Gasteiger partial charge is 0.463 e. The number of nitrogens with zero attached hydrogens (tertiary/aromatic N) is 7. The summed E-state index contributed by atoms with van der Waals surface area (Å²) in [5.74, 6) is 5.66. The van der Waals surface area contributed by atoms with Crippen LogP contribution in [0.2, 0.25) is 0 Å². The van der Waals surface area contributed by atoms with E-state index in [2.05, 4.69) is 288 Å². The number of rotatable bonds is 0. The second-order valence-corrected chi connectivity index (χ2v) is 27.2. The Morgan fingerprint density at radius 1 is 0.351 bits per heavy atom. The lowest BCUT2D eigenvalue weighted by atomic mass is 9.86. The first-order chi connectivity index (χ1) is 46.6. The number of benzene rings is 9. The first-order valence-corrected chi connectivity index (χ1v) is 33.0. The number of aryl methyl sites for hydroxylation is 1. The molecule has 18 heterocycles. The van der Waals surface area contributed by atoms with Gasteiger partial charge in [0, 0.05) is 87.0 Å². The van der Waals surface area contributed by atoms with Gasteiger partial charge in [-0.1, -0.05) is 18.2 Å². The van der Waals surface area contributed by atoms with Gasteiger partial charge >= 0.3 is 17.0 Å². The van der Waals surface area contributed by atoms with Crippen LogP contribution in [0.25, 0.3) is 131 Å². The molecule has 3 spiro atoms. The van der Waals surface area contributed by atoms with E-state index in [1.807, 2.05) is 11.3 Å². The minimum Gasteiger partial charge on any atom is -0.463 e. The molecule has 9 aromatic carbocycles. The van der Waals surface area contributed by atoms with E-state index in [9.17, 15) is 0 Å². The zero-order valence-electron chi connectivity index (χ0n) is 49.9. The van der Waals surface area contributed by atoms with Gasteiger partial charge < -0.3 is 18.6 Å². The average Bonchev–Trinajstić information content (AvgIpc) is 1.50. The zero-order valence-corrected chi connectivity index (χ0v) is 50.7. The van der Waals surface area contributed by atoms with E-state index >= 15 is 0 Å². The highest BCUT2D eigenvalue weighted by atomic mass is 32.1. The van der Waals surface area contributed by atoms with Crippen LogP contribution < -0.4 is 41.6 Å². The molecule has 9 aliphatic rings. The molecular formula is C82H45N7O4S+6. The van der Waals surface area contributed by atoms with E-state index in [1.54, 1.807) is 6.26 Å². The molecule has 27 rings (SSSR count). The molecule has 0 saturated heterocycles. The van der Waals surface area contributed by atoms with Crippen LogP contribution in [0.4, 0.5) is 0 Å². The molecule has 3 atom stereocenters. The summed E-state index contributed by atoms with van der Waals surface area (Å²) in [5.41, 5.74) is 19.4. The SMILES string of the molecule is C[n+]1ccc2c3ccc4c5c3c3c(cccn3C53c5c(cccc5-c5cccc[n+]53)O4)c21.c1cc2c3c(c1)-c1cccc[n+]1C31c3c(ccc4c5ccoc5c5ccc[n+]1c5c34)O2.c1cc2c3c(c1)-c1cccc[n+]1C31c3c(ccc4c5ccsc5c5ccc[n+]1c5c34)O2. The van der Waals surface area contributed by atoms with Crippen LogP contribution in [0.5, 0.6) is 34.5 Å². The Hall–Kier alpha value is -12.1. The maximum atomic E-state index is 6.60. The first-order valence-electron chi connectivity index (χ1n) is 32.1. The molecule has 9 aromatic heterocycles. The Labute approximate surface area is 536 Å². The fourth-order valence-electron chi connectivity index (χ4n) is 19.6. The van der Waals surface area contributed by atoms with Gasteiger partial charge in [-0.3, -0.25) is 4.57 Å². The molecular weight excluding hydrogens is 1180 g/mol. The maximum Gasteiger partial charge on any atom is 0.425 e. The number of hydrogen-bond acceptors (Lipinski definition) is 5. The third-order valence-corrected chi connectivity index (χ3v) is 23.5. The van der Waals surface area contributed by atoms with Crippen molar-refractivity contribution in [1.82, 2.24) is 4.57 Å². The van der Waals surface area contributed by atoms with Crippen LogP contribution in [0.3, 0.4) is 0 Å². The first kappa shape index (κ1) is 47.8. The van der Waals surface area contributed by atoms with Crippen molar-refractivity contribution in [3.8, 4) is 68.3 Å². The van der Waals surface area contributed by atoms with Crippen molar-refractivity contribution in [3.63, 3.8) is 0 Å². The summed E-state index contributed by atoms with van der Waals surface area (Å²) in [5, 5.41) is 17.4. The molecule has 432 valence electrons. The molecule has 3 unspecified atom stereocenters. The normalized spacial score (nSPS) is 18.6. The number of furan rings is 1. The van der Waals surface area contributed by atoms with Crippen molar-refractivity contribution in [2.75, 3.05) is 0 Å². The highest BCUT2D eigenvalue weighted by molar-refractivity contribution is 7.18. The molecule has 0 fully saturated rings. The van der Waals surface area contributed by atoms with Crippen LogP contribution in [-0.4, -0.2) is 4.57 Å². The molecule has 11 nitrogen and oxygen atoms in total. The molecule has 0 bridgehead atoms. The van der Waals surface area contributed by atoms with E-state index in [0.29, 0.717) is 0 Å². The summed E-state index contributed by atoms with van der Waals surface area (Å²) < 4.78 is 44.1. The minimum atomic E-state index is -0.504. The average molecular weight is 1220 g/mol. The van der Waals surface area contributed by atoms with Gasteiger partial charge in [-0.15, -0.1) is 29.6 Å². The third kappa shape index (κ3) is 4.83. The Balaban J connectivity index is 0.0000000855. The van der Waals surface area contributed by atoms with Crippen molar-refractivity contribution < 1.29 is 46.0 Å². The third-order valence-electron chi connectivity index (χ3n) is 22.5. The fourth-order valence-corrected chi connectivity index (χ4v) is 20.5. The monoisotopic (exact) mass is 1220 g/mol. The second-order valence-electron chi connectivity index (χ2n) is 26.2. The lowest BCUT2D eigenvalue weighted by Crippen LogP contribution is -2.71. The van der Waals surface area contributed by atoms with Crippen molar-refractivity contribution in [2.45, 2.75) is 17.0 Å². The predicted molar refractivity (Wildman–Crippen MR) is 358 cm³/mol. The number of thiophene rings is 1. The van der Waals surface area contributed by atoms with Gasteiger partial charge in [0.2, 0.25) is 33.6 Å². The highest BCUT2D eigenvalue weighted by Crippen LogP contribution is 2.63. The van der Waals surface area contributed by atoms with E-state index < -0.39 is 17.0 Å². The minimum absolute atomic E-state index is 0.457. The van der Waals surface area contributed by atoms with Gasteiger partial charge in [0.25, 0.3) is 0 Å². The van der Waals surface area contributed by atoms with Crippen LogP contribution in [-0.2, 0) is 24.0 Å². The summed E-state index contributed by atoms with van der Waals surface area (Å²) in [6.07, 6.45) is 17.3. The molecule has 12 heteroatoms. The summed E-state index contributed by atoms with van der Waals surface area (Å²) in [6.45, 7) is 0. The Bertz CT molecular complexity index is 6570.